The van der Waals surface area contributed by atoms with Crippen molar-refractivity contribution in [3.8, 4) is 5.75 Å². The molecule has 0 bridgehead atoms. The van der Waals surface area contributed by atoms with Gasteiger partial charge in [0.2, 0.25) is 6.10 Å². The molecule has 0 aliphatic carbocycles. The summed E-state index contributed by atoms with van der Waals surface area (Å²) in [5.74, 6) is -0.579. The Morgan fingerprint density at radius 3 is 2.67 bits per heavy atom. The van der Waals surface area contributed by atoms with Gasteiger partial charge in [0.1, 0.15) is 11.6 Å². The van der Waals surface area contributed by atoms with Crippen LogP contribution in [0.25, 0.3) is 0 Å². The third-order valence-electron chi connectivity index (χ3n) is 3.82. The number of ether oxygens (including phenoxy) is 2. The Labute approximate surface area is 138 Å². The fraction of sp³-hybridized carbons (Fsp3) is 0.222. The van der Waals surface area contributed by atoms with E-state index in [1.54, 1.807) is 30.3 Å². The number of fused-ring (bicyclic) bond motifs is 1. The number of rotatable bonds is 5. The first-order valence-corrected chi connectivity index (χ1v) is 7.49. The number of esters is 1. The maximum atomic E-state index is 12.8. The highest BCUT2D eigenvalue weighted by molar-refractivity contribution is 6.03. The Hall–Kier alpha value is -2.89. The molecular formula is C18H16FNO4. The molecule has 0 saturated heterocycles. The van der Waals surface area contributed by atoms with Gasteiger partial charge in [0.15, 0.2) is 0 Å². The standard InChI is InChI=1S/C18H16FNO4/c1-23-13-7-8-14-15(10-13)20-18(22)17(14)24-16(21)9-4-11-2-5-12(19)6-3-11/h2-3,5-8,10,17H,4,9H2,1H3,(H,20,22). The van der Waals surface area contributed by atoms with Crippen LogP contribution in [0.3, 0.4) is 0 Å². The molecule has 1 aliphatic heterocycles. The van der Waals surface area contributed by atoms with E-state index in [9.17, 15) is 14.0 Å². The number of anilines is 1. The highest BCUT2D eigenvalue weighted by atomic mass is 19.1. The van der Waals surface area contributed by atoms with Crippen LogP contribution in [0, 0.1) is 5.82 Å². The zero-order valence-corrected chi connectivity index (χ0v) is 13.0. The van der Waals surface area contributed by atoms with E-state index < -0.39 is 12.1 Å². The molecule has 0 fully saturated rings. The van der Waals surface area contributed by atoms with Crippen LogP contribution >= 0.6 is 0 Å². The fourth-order valence-corrected chi connectivity index (χ4v) is 2.54. The fourth-order valence-electron chi connectivity index (χ4n) is 2.54. The SMILES string of the molecule is COc1ccc2c(c1)NC(=O)C2OC(=O)CCc1ccc(F)cc1. The molecule has 2 aromatic carbocycles. The van der Waals surface area contributed by atoms with E-state index in [0.29, 0.717) is 23.4 Å². The Morgan fingerprint density at radius 1 is 1.21 bits per heavy atom. The highest BCUT2D eigenvalue weighted by Gasteiger charge is 2.33. The van der Waals surface area contributed by atoms with E-state index >= 15 is 0 Å². The number of methoxy groups -OCH3 is 1. The minimum Gasteiger partial charge on any atom is -0.497 e. The molecule has 6 heteroatoms. The van der Waals surface area contributed by atoms with Crippen LogP contribution in [0.2, 0.25) is 0 Å². The molecule has 0 spiro atoms. The summed E-state index contributed by atoms with van der Waals surface area (Å²) in [6.45, 7) is 0. The molecule has 0 aromatic heterocycles. The maximum absolute atomic E-state index is 12.8. The number of aryl methyl sites for hydroxylation is 1. The molecule has 1 amide bonds. The lowest BCUT2D eigenvalue weighted by molar-refractivity contribution is -0.154. The number of amides is 1. The average molecular weight is 329 g/mol. The van der Waals surface area contributed by atoms with Crippen molar-refractivity contribution >= 4 is 17.6 Å². The summed E-state index contributed by atoms with van der Waals surface area (Å²) in [6.07, 6.45) is -0.421. The van der Waals surface area contributed by atoms with Crippen molar-refractivity contribution in [2.24, 2.45) is 0 Å². The first-order valence-electron chi connectivity index (χ1n) is 7.49. The lowest BCUT2D eigenvalue weighted by Gasteiger charge is -2.11. The highest BCUT2D eigenvalue weighted by Crippen LogP contribution is 2.36. The van der Waals surface area contributed by atoms with E-state index in [0.717, 1.165) is 5.56 Å². The molecule has 0 radical (unpaired) electrons. The molecule has 24 heavy (non-hydrogen) atoms. The third kappa shape index (κ3) is 3.37. The van der Waals surface area contributed by atoms with Crippen LogP contribution in [-0.2, 0) is 20.7 Å². The lowest BCUT2D eigenvalue weighted by Crippen LogP contribution is -2.19. The zero-order valence-electron chi connectivity index (χ0n) is 13.0. The molecule has 124 valence electrons. The van der Waals surface area contributed by atoms with Gasteiger partial charge in [-0.2, -0.15) is 0 Å². The Kier molecular flexibility index (Phi) is 4.46. The number of hydrogen-bond acceptors (Lipinski definition) is 4. The van der Waals surface area contributed by atoms with Crippen molar-refractivity contribution in [1.29, 1.82) is 0 Å². The molecule has 1 unspecified atom stereocenters. The van der Waals surface area contributed by atoms with Crippen LogP contribution in [0.4, 0.5) is 10.1 Å². The van der Waals surface area contributed by atoms with Crippen LogP contribution in [0.5, 0.6) is 5.75 Å². The third-order valence-corrected chi connectivity index (χ3v) is 3.82. The Bertz CT molecular complexity index is 773. The number of benzene rings is 2. The van der Waals surface area contributed by atoms with E-state index in [4.69, 9.17) is 9.47 Å². The maximum Gasteiger partial charge on any atom is 0.307 e. The van der Waals surface area contributed by atoms with Gasteiger partial charge in [0, 0.05) is 18.1 Å². The van der Waals surface area contributed by atoms with Crippen molar-refractivity contribution in [2.75, 3.05) is 12.4 Å². The van der Waals surface area contributed by atoms with E-state index in [2.05, 4.69) is 5.32 Å². The normalized spacial score (nSPS) is 15.6. The number of hydrogen-bond donors (Lipinski definition) is 1. The monoisotopic (exact) mass is 329 g/mol. The van der Waals surface area contributed by atoms with Gasteiger partial charge < -0.3 is 14.8 Å². The van der Waals surface area contributed by atoms with Crippen LogP contribution in [-0.4, -0.2) is 19.0 Å². The Balaban J connectivity index is 1.62. The number of halogens is 1. The number of carbonyl (C=O) groups is 2. The van der Waals surface area contributed by atoms with Gasteiger partial charge in [-0.25, -0.2) is 4.39 Å². The van der Waals surface area contributed by atoms with Crippen molar-refractivity contribution < 1.29 is 23.5 Å². The van der Waals surface area contributed by atoms with Gasteiger partial charge in [-0.3, -0.25) is 9.59 Å². The second kappa shape index (κ2) is 6.70. The van der Waals surface area contributed by atoms with Gasteiger partial charge in [-0.05, 0) is 36.2 Å². The van der Waals surface area contributed by atoms with Gasteiger partial charge >= 0.3 is 5.97 Å². The Morgan fingerprint density at radius 2 is 1.96 bits per heavy atom. The second-order valence-corrected chi connectivity index (χ2v) is 5.44. The predicted octanol–water partition coefficient (Wildman–Crippen LogP) is 3.00. The molecular weight excluding hydrogens is 313 g/mol. The first kappa shape index (κ1) is 16.0. The van der Waals surface area contributed by atoms with E-state index in [1.165, 1.54) is 19.2 Å². The smallest absolute Gasteiger partial charge is 0.307 e. The topological polar surface area (TPSA) is 64.6 Å². The molecule has 0 saturated carbocycles. The van der Waals surface area contributed by atoms with Crippen molar-refractivity contribution in [1.82, 2.24) is 0 Å². The summed E-state index contributed by atoms with van der Waals surface area (Å²) in [7, 11) is 1.53. The summed E-state index contributed by atoms with van der Waals surface area (Å²) in [6, 6.07) is 11.0. The number of carbonyl (C=O) groups excluding carboxylic acids is 2. The molecule has 5 nitrogen and oxygen atoms in total. The van der Waals surface area contributed by atoms with E-state index in [1.807, 2.05) is 0 Å². The van der Waals surface area contributed by atoms with Gasteiger partial charge in [0.25, 0.3) is 5.91 Å². The van der Waals surface area contributed by atoms with Crippen molar-refractivity contribution in [3.63, 3.8) is 0 Å². The molecule has 1 atom stereocenters. The average Bonchev–Trinajstić information content (AvgIpc) is 2.89. The molecule has 1 aliphatic rings. The summed E-state index contributed by atoms with van der Waals surface area (Å²) < 4.78 is 23.3. The van der Waals surface area contributed by atoms with Gasteiger partial charge in [-0.15, -0.1) is 0 Å². The van der Waals surface area contributed by atoms with Crippen molar-refractivity contribution in [3.05, 3.63) is 59.4 Å². The summed E-state index contributed by atoms with van der Waals surface area (Å²) in [5, 5.41) is 2.67. The van der Waals surface area contributed by atoms with Crippen LogP contribution in [0.15, 0.2) is 42.5 Å². The minimum absolute atomic E-state index is 0.112. The van der Waals surface area contributed by atoms with Crippen molar-refractivity contribution in [2.45, 2.75) is 18.9 Å². The molecule has 2 aromatic rings. The molecule has 1 N–H and O–H groups in total. The minimum atomic E-state index is -0.952. The second-order valence-electron chi connectivity index (χ2n) is 5.44. The van der Waals surface area contributed by atoms with E-state index in [-0.39, 0.29) is 18.1 Å². The molecule has 3 rings (SSSR count). The largest absolute Gasteiger partial charge is 0.497 e. The zero-order chi connectivity index (χ0) is 17.1. The number of nitrogens with one attached hydrogen (secondary N) is 1. The van der Waals surface area contributed by atoms with Crippen LogP contribution in [0.1, 0.15) is 23.7 Å². The summed E-state index contributed by atoms with van der Waals surface area (Å²) >= 11 is 0. The predicted molar refractivity (Wildman–Crippen MR) is 85.2 cm³/mol. The first-order chi connectivity index (χ1) is 11.6. The lowest BCUT2D eigenvalue weighted by atomic mass is 10.1. The quantitative estimate of drug-likeness (QED) is 0.857. The summed E-state index contributed by atoms with van der Waals surface area (Å²) in [4.78, 5) is 24.0. The van der Waals surface area contributed by atoms with Gasteiger partial charge in [-0.1, -0.05) is 12.1 Å². The van der Waals surface area contributed by atoms with Gasteiger partial charge in [0.05, 0.1) is 12.8 Å². The summed E-state index contributed by atoms with van der Waals surface area (Å²) in [5.41, 5.74) is 2.01. The van der Waals surface area contributed by atoms with Crippen LogP contribution < -0.4 is 10.1 Å². The molecule has 1 heterocycles.